The SMILES string of the molecule is NC(=O)c1ccc(O)c([C@@H]2CCc3c(F)cc(Cl)cc32)c1O. The lowest BCUT2D eigenvalue weighted by Gasteiger charge is -2.17. The van der Waals surface area contributed by atoms with Gasteiger partial charge in [0.1, 0.15) is 17.3 Å². The molecular formula is C16H13ClFNO3. The molecule has 3 rings (SSSR count). The molecule has 4 N–H and O–H groups in total. The van der Waals surface area contributed by atoms with Gasteiger partial charge < -0.3 is 15.9 Å². The Morgan fingerprint density at radius 2 is 2.05 bits per heavy atom. The molecule has 2 aromatic rings. The normalized spacial score (nSPS) is 16.5. The fourth-order valence-electron chi connectivity index (χ4n) is 3.08. The van der Waals surface area contributed by atoms with Crippen LogP contribution < -0.4 is 5.73 Å². The number of carbonyl (C=O) groups is 1. The maximum Gasteiger partial charge on any atom is 0.252 e. The number of aromatic hydroxyl groups is 2. The molecule has 0 fully saturated rings. The highest BCUT2D eigenvalue weighted by Gasteiger charge is 2.32. The van der Waals surface area contributed by atoms with Crippen molar-refractivity contribution in [1.82, 2.24) is 0 Å². The summed E-state index contributed by atoms with van der Waals surface area (Å²) in [6, 6.07) is 5.41. The van der Waals surface area contributed by atoms with E-state index >= 15 is 0 Å². The van der Waals surface area contributed by atoms with Gasteiger partial charge in [-0.1, -0.05) is 11.6 Å². The molecule has 0 aromatic heterocycles. The Bertz CT molecular complexity index is 791. The van der Waals surface area contributed by atoms with Crippen molar-refractivity contribution in [2.45, 2.75) is 18.8 Å². The van der Waals surface area contributed by atoms with Crippen LogP contribution in [0.15, 0.2) is 24.3 Å². The quantitative estimate of drug-likeness (QED) is 0.795. The van der Waals surface area contributed by atoms with Gasteiger partial charge in [0.15, 0.2) is 0 Å². The Balaban J connectivity index is 2.20. The van der Waals surface area contributed by atoms with Crippen LogP contribution in [-0.2, 0) is 6.42 Å². The molecule has 0 spiro atoms. The van der Waals surface area contributed by atoms with Gasteiger partial charge in [0.25, 0.3) is 5.91 Å². The zero-order valence-electron chi connectivity index (χ0n) is 11.4. The van der Waals surface area contributed by atoms with Crippen LogP contribution in [0.3, 0.4) is 0 Å². The fraction of sp³-hybridized carbons (Fsp3) is 0.188. The van der Waals surface area contributed by atoms with Crippen molar-refractivity contribution >= 4 is 17.5 Å². The zero-order valence-corrected chi connectivity index (χ0v) is 12.2. The number of hydrogen-bond donors (Lipinski definition) is 3. The average Bonchev–Trinajstić information content (AvgIpc) is 2.82. The highest BCUT2D eigenvalue weighted by Crippen LogP contribution is 2.47. The summed E-state index contributed by atoms with van der Waals surface area (Å²) >= 11 is 5.90. The number of carbonyl (C=O) groups excluding carboxylic acids is 1. The second-order valence-corrected chi connectivity index (χ2v) is 5.74. The Kier molecular flexibility index (Phi) is 3.45. The molecule has 2 aromatic carbocycles. The molecule has 22 heavy (non-hydrogen) atoms. The first kappa shape index (κ1) is 14.7. The fourth-order valence-corrected chi connectivity index (χ4v) is 3.30. The Hall–Kier alpha value is -2.27. The van der Waals surface area contributed by atoms with Crippen molar-refractivity contribution in [3.63, 3.8) is 0 Å². The van der Waals surface area contributed by atoms with Crippen LogP contribution in [0.5, 0.6) is 11.5 Å². The van der Waals surface area contributed by atoms with Crippen molar-refractivity contribution in [2.24, 2.45) is 5.73 Å². The summed E-state index contributed by atoms with van der Waals surface area (Å²) in [6.45, 7) is 0. The molecule has 1 aliphatic rings. The van der Waals surface area contributed by atoms with Crippen molar-refractivity contribution in [2.75, 3.05) is 0 Å². The molecule has 1 aliphatic carbocycles. The van der Waals surface area contributed by atoms with E-state index in [2.05, 4.69) is 0 Å². The van der Waals surface area contributed by atoms with E-state index in [0.29, 0.717) is 24.0 Å². The second kappa shape index (κ2) is 5.18. The van der Waals surface area contributed by atoms with E-state index in [9.17, 15) is 19.4 Å². The molecule has 0 saturated carbocycles. The Labute approximate surface area is 131 Å². The number of rotatable bonds is 2. The third kappa shape index (κ3) is 2.18. The third-order valence-electron chi connectivity index (χ3n) is 4.06. The summed E-state index contributed by atoms with van der Waals surface area (Å²) < 4.78 is 14.0. The first-order chi connectivity index (χ1) is 10.4. The summed E-state index contributed by atoms with van der Waals surface area (Å²) in [4.78, 5) is 11.4. The first-order valence-corrected chi connectivity index (χ1v) is 7.10. The lowest BCUT2D eigenvalue weighted by Crippen LogP contribution is -2.12. The highest BCUT2D eigenvalue weighted by molar-refractivity contribution is 6.30. The molecule has 1 atom stereocenters. The maximum absolute atomic E-state index is 14.0. The van der Waals surface area contributed by atoms with E-state index < -0.39 is 17.6 Å². The predicted molar refractivity (Wildman–Crippen MR) is 79.9 cm³/mol. The first-order valence-electron chi connectivity index (χ1n) is 6.72. The monoisotopic (exact) mass is 321 g/mol. The van der Waals surface area contributed by atoms with Crippen LogP contribution in [0, 0.1) is 5.82 Å². The van der Waals surface area contributed by atoms with Gasteiger partial charge in [0.05, 0.1) is 5.56 Å². The number of primary amides is 1. The van der Waals surface area contributed by atoms with Crippen LogP contribution in [0.4, 0.5) is 4.39 Å². The standard InChI is InChI=1S/C16H13ClFNO3/c17-7-5-11-8(12(18)6-7)1-2-9(11)14-13(20)4-3-10(15(14)21)16(19)22/h3-6,9,20-21H,1-2H2,(H2,19,22)/t9-/m1/s1. The van der Waals surface area contributed by atoms with Gasteiger partial charge in [0, 0.05) is 16.5 Å². The molecule has 4 nitrogen and oxygen atoms in total. The number of hydrogen-bond acceptors (Lipinski definition) is 3. The number of amides is 1. The van der Waals surface area contributed by atoms with Crippen LogP contribution in [0.1, 0.15) is 39.4 Å². The van der Waals surface area contributed by atoms with Crippen molar-refractivity contribution in [3.8, 4) is 11.5 Å². The molecule has 0 aliphatic heterocycles. The predicted octanol–water partition coefficient (Wildman–Crippen LogP) is 3.07. The number of nitrogens with two attached hydrogens (primary N) is 1. The second-order valence-electron chi connectivity index (χ2n) is 5.31. The summed E-state index contributed by atoms with van der Waals surface area (Å²) in [7, 11) is 0. The topological polar surface area (TPSA) is 83.6 Å². The number of fused-ring (bicyclic) bond motifs is 1. The molecule has 0 unspecified atom stereocenters. The van der Waals surface area contributed by atoms with Gasteiger partial charge >= 0.3 is 0 Å². The molecule has 0 radical (unpaired) electrons. The summed E-state index contributed by atoms with van der Waals surface area (Å²) in [5.41, 5.74) is 6.43. The molecule has 6 heteroatoms. The number of benzene rings is 2. The number of halogens is 2. The van der Waals surface area contributed by atoms with Gasteiger partial charge in [-0.2, -0.15) is 0 Å². The van der Waals surface area contributed by atoms with Gasteiger partial charge in [-0.3, -0.25) is 4.79 Å². The lowest BCUT2D eigenvalue weighted by atomic mass is 9.90. The minimum atomic E-state index is -0.797. The molecule has 1 amide bonds. The third-order valence-corrected chi connectivity index (χ3v) is 4.28. The lowest BCUT2D eigenvalue weighted by molar-refractivity contribution is 0.0997. The largest absolute Gasteiger partial charge is 0.508 e. The van der Waals surface area contributed by atoms with Gasteiger partial charge in [-0.15, -0.1) is 0 Å². The zero-order chi connectivity index (χ0) is 16.0. The van der Waals surface area contributed by atoms with Crippen LogP contribution in [0.25, 0.3) is 0 Å². The van der Waals surface area contributed by atoms with Gasteiger partial charge in [-0.05, 0) is 48.2 Å². The van der Waals surface area contributed by atoms with Crippen LogP contribution in [0.2, 0.25) is 5.02 Å². The number of phenolic OH excluding ortho intramolecular Hbond substituents is 1. The van der Waals surface area contributed by atoms with Gasteiger partial charge in [-0.25, -0.2) is 4.39 Å². The van der Waals surface area contributed by atoms with E-state index in [4.69, 9.17) is 17.3 Å². The molecule has 114 valence electrons. The maximum atomic E-state index is 14.0. The Morgan fingerprint density at radius 1 is 1.32 bits per heavy atom. The van der Waals surface area contributed by atoms with E-state index in [-0.39, 0.29) is 27.6 Å². The summed E-state index contributed by atoms with van der Waals surface area (Å²) in [5.74, 6) is -2.18. The van der Waals surface area contributed by atoms with Gasteiger partial charge in [0.2, 0.25) is 0 Å². The minimum absolute atomic E-state index is 0.0799. The molecular weight excluding hydrogens is 309 g/mol. The van der Waals surface area contributed by atoms with E-state index in [1.807, 2.05) is 0 Å². The highest BCUT2D eigenvalue weighted by atomic mass is 35.5. The minimum Gasteiger partial charge on any atom is -0.508 e. The van der Waals surface area contributed by atoms with Crippen molar-refractivity contribution in [1.29, 1.82) is 0 Å². The Morgan fingerprint density at radius 3 is 2.73 bits per heavy atom. The van der Waals surface area contributed by atoms with E-state index in [1.54, 1.807) is 6.07 Å². The molecule has 0 heterocycles. The smallest absolute Gasteiger partial charge is 0.252 e. The molecule has 0 saturated heterocycles. The number of phenols is 2. The summed E-state index contributed by atoms with van der Waals surface area (Å²) in [5, 5.41) is 20.6. The summed E-state index contributed by atoms with van der Waals surface area (Å²) in [6.07, 6.45) is 0.957. The van der Waals surface area contributed by atoms with Crippen LogP contribution in [-0.4, -0.2) is 16.1 Å². The average molecular weight is 322 g/mol. The van der Waals surface area contributed by atoms with Crippen LogP contribution >= 0.6 is 11.6 Å². The van der Waals surface area contributed by atoms with E-state index in [0.717, 1.165) is 0 Å². The van der Waals surface area contributed by atoms with Crippen molar-refractivity contribution < 1.29 is 19.4 Å². The van der Waals surface area contributed by atoms with Crippen molar-refractivity contribution in [3.05, 3.63) is 57.4 Å². The van der Waals surface area contributed by atoms with E-state index in [1.165, 1.54) is 18.2 Å². The molecule has 0 bridgehead atoms.